The van der Waals surface area contributed by atoms with Crippen LogP contribution in [-0.4, -0.2) is 32.3 Å². The second-order valence-corrected chi connectivity index (χ2v) is 5.51. The first kappa shape index (κ1) is 17.0. The number of hydrogen-bond acceptors (Lipinski definition) is 5. The van der Waals surface area contributed by atoms with Gasteiger partial charge in [0.05, 0.1) is 7.11 Å². The van der Waals surface area contributed by atoms with Crippen LogP contribution in [0.3, 0.4) is 0 Å². The molecule has 0 aliphatic carbocycles. The van der Waals surface area contributed by atoms with Crippen molar-refractivity contribution in [1.29, 1.82) is 0 Å². The molecule has 1 N–H and O–H groups in total. The molecule has 0 fully saturated rings. The summed E-state index contributed by atoms with van der Waals surface area (Å²) in [6, 6.07) is 12.6. The van der Waals surface area contributed by atoms with Crippen molar-refractivity contribution in [2.24, 2.45) is 0 Å². The molecule has 1 aliphatic heterocycles. The highest BCUT2D eigenvalue weighted by molar-refractivity contribution is 5.94. The van der Waals surface area contributed by atoms with E-state index in [1.165, 1.54) is 0 Å². The zero-order valence-electron chi connectivity index (χ0n) is 14.3. The summed E-state index contributed by atoms with van der Waals surface area (Å²) in [5.41, 5.74) is 0.635. The second kappa shape index (κ2) is 7.79. The van der Waals surface area contributed by atoms with Gasteiger partial charge < -0.3 is 24.3 Å². The van der Waals surface area contributed by atoms with Crippen LogP contribution in [0.5, 0.6) is 23.0 Å². The molecule has 2 aromatic carbocycles. The highest BCUT2D eigenvalue weighted by atomic mass is 16.6. The summed E-state index contributed by atoms with van der Waals surface area (Å²) in [7, 11) is 1.57. The fourth-order valence-corrected chi connectivity index (χ4v) is 2.54. The van der Waals surface area contributed by atoms with Crippen LogP contribution in [0, 0.1) is 0 Å². The van der Waals surface area contributed by atoms with E-state index < -0.39 is 6.10 Å². The molecule has 2 aromatic rings. The molecule has 25 heavy (non-hydrogen) atoms. The van der Waals surface area contributed by atoms with Crippen molar-refractivity contribution in [3.8, 4) is 23.0 Å². The fourth-order valence-electron chi connectivity index (χ4n) is 2.54. The Labute approximate surface area is 146 Å². The van der Waals surface area contributed by atoms with Gasteiger partial charge in [0, 0.05) is 11.8 Å². The zero-order valence-corrected chi connectivity index (χ0v) is 14.3. The number of hydrogen-bond donors (Lipinski definition) is 1. The number of fused-ring (bicyclic) bond motifs is 1. The van der Waals surface area contributed by atoms with Crippen LogP contribution in [-0.2, 0) is 4.79 Å². The first-order valence-corrected chi connectivity index (χ1v) is 8.21. The molecule has 0 aromatic heterocycles. The van der Waals surface area contributed by atoms with Gasteiger partial charge in [0.15, 0.2) is 29.1 Å². The molecule has 0 bridgehead atoms. The SMILES string of the molecule is CC[C@H](Oc1ccccc1OC)C(=O)Nc1ccc2c(c1)OCCO2. The molecule has 1 heterocycles. The van der Waals surface area contributed by atoms with Gasteiger partial charge in [0.25, 0.3) is 5.91 Å². The number of ether oxygens (including phenoxy) is 4. The van der Waals surface area contributed by atoms with Crippen LogP contribution < -0.4 is 24.3 Å². The molecule has 132 valence electrons. The second-order valence-electron chi connectivity index (χ2n) is 5.51. The number of carbonyl (C=O) groups is 1. The van der Waals surface area contributed by atoms with E-state index in [1.807, 2.05) is 19.1 Å². The quantitative estimate of drug-likeness (QED) is 0.872. The third-order valence-corrected chi connectivity index (χ3v) is 3.81. The number of amides is 1. The maximum Gasteiger partial charge on any atom is 0.265 e. The molecular weight excluding hydrogens is 322 g/mol. The van der Waals surface area contributed by atoms with Crippen molar-refractivity contribution in [3.05, 3.63) is 42.5 Å². The number of benzene rings is 2. The van der Waals surface area contributed by atoms with Gasteiger partial charge in [-0.3, -0.25) is 4.79 Å². The summed E-state index contributed by atoms with van der Waals surface area (Å²) in [6.07, 6.45) is -0.112. The van der Waals surface area contributed by atoms with E-state index in [9.17, 15) is 4.79 Å². The van der Waals surface area contributed by atoms with Crippen molar-refractivity contribution in [2.45, 2.75) is 19.4 Å². The van der Waals surface area contributed by atoms with Crippen LogP contribution in [0.2, 0.25) is 0 Å². The van der Waals surface area contributed by atoms with Gasteiger partial charge in [-0.15, -0.1) is 0 Å². The average molecular weight is 343 g/mol. The highest BCUT2D eigenvalue weighted by Gasteiger charge is 2.21. The monoisotopic (exact) mass is 343 g/mol. The fraction of sp³-hybridized carbons (Fsp3) is 0.316. The van der Waals surface area contributed by atoms with Gasteiger partial charge >= 0.3 is 0 Å². The van der Waals surface area contributed by atoms with Crippen LogP contribution >= 0.6 is 0 Å². The van der Waals surface area contributed by atoms with Crippen molar-refractivity contribution in [2.75, 3.05) is 25.6 Å². The highest BCUT2D eigenvalue weighted by Crippen LogP contribution is 2.33. The number of methoxy groups -OCH3 is 1. The minimum Gasteiger partial charge on any atom is -0.493 e. The Balaban J connectivity index is 1.70. The predicted molar refractivity (Wildman–Crippen MR) is 93.8 cm³/mol. The Morgan fingerprint density at radius 2 is 1.84 bits per heavy atom. The van der Waals surface area contributed by atoms with Gasteiger partial charge in [-0.1, -0.05) is 19.1 Å². The lowest BCUT2D eigenvalue weighted by Gasteiger charge is -2.21. The number of anilines is 1. The summed E-state index contributed by atoms with van der Waals surface area (Å²) in [6.45, 7) is 2.92. The van der Waals surface area contributed by atoms with Crippen molar-refractivity contribution >= 4 is 11.6 Å². The third-order valence-electron chi connectivity index (χ3n) is 3.81. The summed E-state index contributed by atoms with van der Waals surface area (Å²) in [5, 5.41) is 2.86. The minimum absolute atomic E-state index is 0.231. The Morgan fingerprint density at radius 3 is 2.56 bits per heavy atom. The van der Waals surface area contributed by atoms with E-state index in [1.54, 1.807) is 37.4 Å². The van der Waals surface area contributed by atoms with E-state index in [4.69, 9.17) is 18.9 Å². The van der Waals surface area contributed by atoms with Crippen LogP contribution in [0.4, 0.5) is 5.69 Å². The van der Waals surface area contributed by atoms with E-state index in [-0.39, 0.29) is 5.91 Å². The first-order valence-electron chi connectivity index (χ1n) is 8.21. The average Bonchev–Trinajstić information content (AvgIpc) is 2.66. The molecule has 0 radical (unpaired) electrons. The van der Waals surface area contributed by atoms with Gasteiger partial charge in [-0.05, 0) is 30.7 Å². The molecule has 0 saturated carbocycles. The Kier molecular flexibility index (Phi) is 5.28. The molecule has 3 rings (SSSR count). The van der Waals surface area contributed by atoms with E-state index in [0.717, 1.165) is 0 Å². The minimum atomic E-state index is -0.635. The van der Waals surface area contributed by atoms with Crippen LogP contribution in [0.25, 0.3) is 0 Å². The molecule has 6 heteroatoms. The smallest absolute Gasteiger partial charge is 0.265 e. The zero-order chi connectivity index (χ0) is 17.6. The lowest BCUT2D eigenvalue weighted by Crippen LogP contribution is -2.32. The number of carbonyl (C=O) groups excluding carboxylic acids is 1. The number of para-hydroxylation sites is 2. The van der Waals surface area contributed by atoms with Gasteiger partial charge in [-0.2, -0.15) is 0 Å². The summed E-state index contributed by atoms with van der Waals surface area (Å²) in [4.78, 5) is 12.6. The molecule has 0 spiro atoms. The van der Waals surface area contributed by atoms with Crippen molar-refractivity contribution in [3.63, 3.8) is 0 Å². The lowest BCUT2D eigenvalue weighted by atomic mass is 10.2. The summed E-state index contributed by atoms with van der Waals surface area (Å²) < 4.78 is 22.1. The van der Waals surface area contributed by atoms with Crippen LogP contribution in [0.1, 0.15) is 13.3 Å². The number of nitrogens with one attached hydrogen (secondary N) is 1. The molecule has 1 atom stereocenters. The van der Waals surface area contributed by atoms with E-state index >= 15 is 0 Å². The topological polar surface area (TPSA) is 66.0 Å². The molecule has 1 aliphatic rings. The first-order chi connectivity index (χ1) is 12.2. The Hall–Kier alpha value is -2.89. The van der Waals surface area contributed by atoms with Gasteiger partial charge in [0.2, 0.25) is 0 Å². The number of rotatable bonds is 6. The molecule has 6 nitrogen and oxygen atoms in total. The molecule has 0 saturated heterocycles. The van der Waals surface area contributed by atoms with Gasteiger partial charge in [0.1, 0.15) is 13.2 Å². The third kappa shape index (κ3) is 3.96. The standard InChI is InChI=1S/C19H21NO5/c1-3-14(25-17-7-5-4-6-15(17)22-2)19(21)20-13-8-9-16-18(12-13)24-11-10-23-16/h4-9,12,14H,3,10-11H2,1-2H3,(H,20,21)/t14-/m0/s1. The van der Waals surface area contributed by atoms with Crippen molar-refractivity contribution < 1.29 is 23.7 Å². The normalized spacial score (nSPS) is 13.7. The maximum atomic E-state index is 12.6. The predicted octanol–water partition coefficient (Wildman–Crippen LogP) is 3.26. The maximum absolute atomic E-state index is 12.6. The van der Waals surface area contributed by atoms with Gasteiger partial charge in [-0.25, -0.2) is 0 Å². The molecule has 1 amide bonds. The lowest BCUT2D eigenvalue weighted by molar-refractivity contribution is -0.122. The Bertz CT molecular complexity index is 746. The van der Waals surface area contributed by atoms with E-state index in [2.05, 4.69) is 5.32 Å². The summed E-state index contributed by atoms with van der Waals surface area (Å²) >= 11 is 0. The van der Waals surface area contributed by atoms with Crippen LogP contribution in [0.15, 0.2) is 42.5 Å². The van der Waals surface area contributed by atoms with Crippen molar-refractivity contribution in [1.82, 2.24) is 0 Å². The van der Waals surface area contributed by atoms with E-state index in [0.29, 0.717) is 48.3 Å². The molecular formula is C19H21NO5. The largest absolute Gasteiger partial charge is 0.493 e. The molecule has 0 unspecified atom stereocenters. The summed E-state index contributed by atoms with van der Waals surface area (Å²) in [5.74, 6) is 2.21. The Morgan fingerprint density at radius 1 is 1.12 bits per heavy atom.